The highest BCUT2D eigenvalue weighted by Gasteiger charge is 2.25. The summed E-state index contributed by atoms with van der Waals surface area (Å²) >= 11 is 0. The zero-order valence-electron chi connectivity index (χ0n) is 8.79. The van der Waals surface area contributed by atoms with Crippen molar-refractivity contribution in [2.45, 2.75) is 57.9 Å². The van der Waals surface area contributed by atoms with Gasteiger partial charge in [0.25, 0.3) is 0 Å². The average Bonchev–Trinajstić information content (AvgIpc) is 2.34. The smallest absolute Gasteiger partial charge is 0.0700 e. The Bertz CT molecular complexity index is 150. The number of aliphatic hydroxyl groups is 1. The fourth-order valence-electron chi connectivity index (χ4n) is 1.90. The number of ether oxygens (including phenoxy) is 1. The number of hydrogen-bond acceptors (Lipinski definition) is 3. The number of aliphatic hydroxyl groups excluding tert-OH is 1. The minimum absolute atomic E-state index is 0.222. The van der Waals surface area contributed by atoms with Crippen LogP contribution in [0.15, 0.2) is 0 Å². The largest absolute Gasteiger partial charge is 0.393 e. The lowest BCUT2D eigenvalue weighted by atomic mass is 10.1. The van der Waals surface area contributed by atoms with Gasteiger partial charge in [0.15, 0.2) is 0 Å². The molecule has 2 N–H and O–H groups in total. The molecule has 78 valence electrons. The second kappa shape index (κ2) is 4.94. The molecule has 1 aliphatic rings. The predicted octanol–water partition coefficient (Wildman–Crippen LogP) is 0.913. The molecule has 0 saturated carbocycles. The molecule has 1 rings (SSSR count). The van der Waals surface area contributed by atoms with Gasteiger partial charge in [-0.15, -0.1) is 0 Å². The van der Waals surface area contributed by atoms with Gasteiger partial charge in [0, 0.05) is 18.7 Å². The molecule has 0 bridgehead atoms. The third-order valence-corrected chi connectivity index (χ3v) is 2.57. The Morgan fingerprint density at radius 3 is 2.69 bits per heavy atom. The van der Waals surface area contributed by atoms with Gasteiger partial charge in [0.2, 0.25) is 0 Å². The molecule has 0 aromatic rings. The van der Waals surface area contributed by atoms with Crippen molar-refractivity contribution in [1.29, 1.82) is 0 Å². The molecule has 1 heterocycles. The van der Waals surface area contributed by atoms with Gasteiger partial charge in [0.1, 0.15) is 0 Å². The third-order valence-electron chi connectivity index (χ3n) is 2.57. The Hall–Kier alpha value is -0.120. The van der Waals surface area contributed by atoms with E-state index < -0.39 is 0 Å². The Kier molecular flexibility index (Phi) is 4.16. The van der Waals surface area contributed by atoms with Crippen molar-refractivity contribution in [3.05, 3.63) is 0 Å². The van der Waals surface area contributed by atoms with Crippen LogP contribution in [-0.2, 0) is 4.74 Å². The topological polar surface area (TPSA) is 41.5 Å². The summed E-state index contributed by atoms with van der Waals surface area (Å²) in [6.45, 7) is 6.89. The highest BCUT2D eigenvalue weighted by molar-refractivity contribution is 4.81. The van der Waals surface area contributed by atoms with E-state index >= 15 is 0 Å². The zero-order valence-corrected chi connectivity index (χ0v) is 8.79. The van der Waals surface area contributed by atoms with Crippen LogP contribution < -0.4 is 5.32 Å². The number of hydrogen-bond donors (Lipinski definition) is 2. The van der Waals surface area contributed by atoms with E-state index in [1.807, 2.05) is 6.92 Å². The fraction of sp³-hybridized carbons (Fsp3) is 1.00. The summed E-state index contributed by atoms with van der Waals surface area (Å²) in [6, 6.07) is 0.836. The van der Waals surface area contributed by atoms with Gasteiger partial charge in [-0.05, 0) is 33.6 Å². The van der Waals surface area contributed by atoms with Crippen molar-refractivity contribution in [3.8, 4) is 0 Å². The molecule has 0 aromatic carbocycles. The Balaban J connectivity index is 2.22. The molecule has 1 saturated heterocycles. The van der Waals surface area contributed by atoms with E-state index in [0.29, 0.717) is 18.2 Å². The maximum absolute atomic E-state index is 9.19. The third kappa shape index (κ3) is 3.63. The van der Waals surface area contributed by atoms with Gasteiger partial charge in [0.05, 0.1) is 12.2 Å². The molecule has 0 aromatic heterocycles. The summed E-state index contributed by atoms with van der Waals surface area (Å²) in [5.74, 6) is 0. The maximum atomic E-state index is 9.19. The van der Waals surface area contributed by atoms with Crippen LogP contribution in [0, 0.1) is 0 Å². The van der Waals surface area contributed by atoms with Gasteiger partial charge in [-0.3, -0.25) is 0 Å². The van der Waals surface area contributed by atoms with Gasteiger partial charge in [-0.25, -0.2) is 0 Å². The van der Waals surface area contributed by atoms with Crippen LogP contribution in [-0.4, -0.2) is 36.0 Å². The minimum atomic E-state index is -0.222. The highest BCUT2D eigenvalue weighted by atomic mass is 16.5. The summed E-state index contributed by atoms with van der Waals surface area (Å²) in [5, 5.41) is 12.7. The van der Waals surface area contributed by atoms with E-state index in [4.69, 9.17) is 4.74 Å². The first-order valence-corrected chi connectivity index (χ1v) is 5.15. The van der Waals surface area contributed by atoms with E-state index in [9.17, 15) is 5.11 Å². The van der Waals surface area contributed by atoms with E-state index in [-0.39, 0.29) is 6.10 Å². The number of nitrogens with one attached hydrogen (secondary N) is 1. The van der Waals surface area contributed by atoms with E-state index in [2.05, 4.69) is 19.2 Å². The monoisotopic (exact) mass is 187 g/mol. The van der Waals surface area contributed by atoms with Crippen molar-refractivity contribution < 1.29 is 9.84 Å². The summed E-state index contributed by atoms with van der Waals surface area (Å²) < 4.78 is 5.45. The van der Waals surface area contributed by atoms with Crippen LogP contribution in [0.4, 0.5) is 0 Å². The van der Waals surface area contributed by atoms with Crippen LogP contribution in [0.3, 0.4) is 0 Å². The highest BCUT2D eigenvalue weighted by Crippen LogP contribution is 2.14. The molecule has 4 atom stereocenters. The summed E-state index contributed by atoms with van der Waals surface area (Å²) in [5.41, 5.74) is 0. The zero-order chi connectivity index (χ0) is 9.84. The lowest BCUT2D eigenvalue weighted by Gasteiger charge is -2.22. The maximum Gasteiger partial charge on any atom is 0.0700 e. The molecule has 0 amide bonds. The summed E-state index contributed by atoms with van der Waals surface area (Å²) in [4.78, 5) is 0. The molecule has 1 fully saturated rings. The Morgan fingerprint density at radius 1 is 1.54 bits per heavy atom. The first-order chi connectivity index (χ1) is 6.09. The Morgan fingerprint density at radius 2 is 2.23 bits per heavy atom. The van der Waals surface area contributed by atoms with Gasteiger partial charge < -0.3 is 15.2 Å². The van der Waals surface area contributed by atoms with Crippen LogP contribution in [0.5, 0.6) is 0 Å². The van der Waals surface area contributed by atoms with Gasteiger partial charge in [-0.2, -0.15) is 0 Å². The van der Waals surface area contributed by atoms with Crippen molar-refractivity contribution in [1.82, 2.24) is 5.32 Å². The SMILES string of the molecule is CC(O)CC(C)NC1CCOC1C. The van der Waals surface area contributed by atoms with Crippen molar-refractivity contribution in [2.24, 2.45) is 0 Å². The van der Waals surface area contributed by atoms with E-state index in [0.717, 1.165) is 19.4 Å². The van der Waals surface area contributed by atoms with Crippen LogP contribution >= 0.6 is 0 Å². The van der Waals surface area contributed by atoms with E-state index in [1.165, 1.54) is 0 Å². The van der Waals surface area contributed by atoms with Gasteiger partial charge >= 0.3 is 0 Å². The van der Waals surface area contributed by atoms with Crippen molar-refractivity contribution in [3.63, 3.8) is 0 Å². The van der Waals surface area contributed by atoms with Crippen molar-refractivity contribution >= 4 is 0 Å². The molecular weight excluding hydrogens is 166 g/mol. The minimum Gasteiger partial charge on any atom is -0.393 e. The fourth-order valence-corrected chi connectivity index (χ4v) is 1.90. The molecule has 0 spiro atoms. The second-order valence-corrected chi connectivity index (χ2v) is 4.12. The molecule has 4 unspecified atom stereocenters. The van der Waals surface area contributed by atoms with Crippen molar-refractivity contribution in [2.75, 3.05) is 6.61 Å². The molecule has 0 radical (unpaired) electrons. The Labute approximate surface area is 80.5 Å². The summed E-state index contributed by atoms with van der Waals surface area (Å²) in [6.07, 6.45) is 1.99. The molecule has 0 aliphatic carbocycles. The lowest BCUT2D eigenvalue weighted by Crippen LogP contribution is -2.41. The molecule has 3 nitrogen and oxygen atoms in total. The number of rotatable bonds is 4. The molecule has 13 heavy (non-hydrogen) atoms. The average molecular weight is 187 g/mol. The first-order valence-electron chi connectivity index (χ1n) is 5.15. The quantitative estimate of drug-likeness (QED) is 0.687. The standard InChI is InChI=1S/C10H21NO2/c1-7(6-8(2)12)11-10-4-5-13-9(10)3/h7-12H,4-6H2,1-3H3. The molecular formula is C10H21NO2. The van der Waals surface area contributed by atoms with Gasteiger partial charge in [-0.1, -0.05) is 0 Å². The lowest BCUT2D eigenvalue weighted by molar-refractivity contribution is 0.107. The molecule has 1 aliphatic heterocycles. The van der Waals surface area contributed by atoms with Crippen LogP contribution in [0.1, 0.15) is 33.6 Å². The predicted molar refractivity (Wildman–Crippen MR) is 52.7 cm³/mol. The summed E-state index contributed by atoms with van der Waals surface area (Å²) in [7, 11) is 0. The first kappa shape index (κ1) is 11.0. The normalized spacial score (nSPS) is 33.2. The molecule has 3 heteroatoms. The van der Waals surface area contributed by atoms with Crippen LogP contribution in [0.2, 0.25) is 0 Å². The van der Waals surface area contributed by atoms with E-state index in [1.54, 1.807) is 0 Å². The second-order valence-electron chi connectivity index (χ2n) is 4.12. The van der Waals surface area contributed by atoms with Crippen LogP contribution in [0.25, 0.3) is 0 Å².